The van der Waals surface area contributed by atoms with E-state index in [-0.39, 0.29) is 11.3 Å². The Balaban J connectivity index is 2.33. The SMILES string of the molecule is CC(C)(C)NS(=O)(=O)CCC1CNC1. The molecule has 14 heavy (non-hydrogen) atoms. The van der Waals surface area contributed by atoms with Gasteiger partial charge in [0.2, 0.25) is 10.0 Å². The van der Waals surface area contributed by atoms with Crippen LogP contribution < -0.4 is 10.0 Å². The first-order chi connectivity index (χ1) is 6.29. The van der Waals surface area contributed by atoms with Gasteiger partial charge in [-0.25, -0.2) is 13.1 Å². The zero-order valence-electron chi connectivity index (χ0n) is 9.13. The van der Waals surface area contributed by atoms with E-state index in [0.717, 1.165) is 19.5 Å². The van der Waals surface area contributed by atoms with Crippen LogP contribution in [-0.4, -0.2) is 32.8 Å². The molecule has 0 bridgehead atoms. The highest BCUT2D eigenvalue weighted by Crippen LogP contribution is 2.10. The molecule has 1 aliphatic rings. The van der Waals surface area contributed by atoms with Crippen molar-refractivity contribution in [3.05, 3.63) is 0 Å². The molecule has 1 saturated heterocycles. The van der Waals surface area contributed by atoms with Crippen molar-refractivity contribution in [3.63, 3.8) is 0 Å². The highest BCUT2D eigenvalue weighted by Gasteiger charge is 2.23. The number of rotatable bonds is 4. The summed E-state index contributed by atoms with van der Waals surface area (Å²) in [6, 6.07) is 0. The molecule has 1 heterocycles. The maximum Gasteiger partial charge on any atom is 0.212 e. The van der Waals surface area contributed by atoms with Gasteiger partial charge in [-0.05, 0) is 46.2 Å². The van der Waals surface area contributed by atoms with Crippen molar-refractivity contribution >= 4 is 10.0 Å². The van der Waals surface area contributed by atoms with Crippen LogP contribution in [-0.2, 0) is 10.0 Å². The van der Waals surface area contributed by atoms with Crippen LogP contribution in [0.25, 0.3) is 0 Å². The van der Waals surface area contributed by atoms with E-state index in [0.29, 0.717) is 5.92 Å². The predicted molar refractivity (Wildman–Crippen MR) is 57.7 cm³/mol. The molecule has 0 aromatic rings. The molecule has 0 spiro atoms. The Morgan fingerprint density at radius 3 is 2.29 bits per heavy atom. The van der Waals surface area contributed by atoms with Crippen LogP contribution in [0.3, 0.4) is 0 Å². The summed E-state index contributed by atoms with van der Waals surface area (Å²) in [5.74, 6) is 0.794. The second-order valence-electron chi connectivity index (χ2n) is 4.98. The second-order valence-corrected chi connectivity index (χ2v) is 6.83. The number of hydrogen-bond acceptors (Lipinski definition) is 3. The van der Waals surface area contributed by atoms with E-state index in [1.807, 2.05) is 20.8 Å². The molecule has 0 aliphatic carbocycles. The second kappa shape index (κ2) is 4.16. The summed E-state index contributed by atoms with van der Waals surface area (Å²) in [6.07, 6.45) is 0.762. The van der Waals surface area contributed by atoms with Crippen molar-refractivity contribution in [2.75, 3.05) is 18.8 Å². The molecule has 4 nitrogen and oxygen atoms in total. The van der Waals surface area contributed by atoms with Crippen molar-refractivity contribution in [1.29, 1.82) is 0 Å². The van der Waals surface area contributed by atoms with Gasteiger partial charge in [-0.2, -0.15) is 0 Å². The van der Waals surface area contributed by atoms with Crippen LogP contribution >= 0.6 is 0 Å². The molecule has 0 atom stereocenters. The minimum Gasteiger partial charge on any atom is -0.316 e. The Labute approximate surface area is 86.5 Å². The summed E-state index contributed by atoms with van der Waals surface area (Å²) in [5, 5.41) is 3.13. The molecule has 0 unspecified atom stereocenters. The van der Waals surface area contributed by atoms with Crippen LogP contribution in [0.1, 0.15) is 27.2 Å². The summed E-state index contributed by atoms with van der Waals surface area (Å²) in [4.78, 5) is 0. The maximum absolute atomic E-state index is 11.6. The molecular weight excluding hydrogens is 200 g/mol. The molecule has 1 aliphatic heterocycles. The van der Waals surface area contributed by atoms with Crippen LogP contribution in [0.2, 0.25) is 0 Å². The lowest BCUT2D eigenvalue weighted by atomic mass is 10.0. The van der Waals surface area contributed by atoms with Gasteiger partial charge in [-0.1, -0.05) is 0 Å². The average molecular weight is 220 g/mol. The monoisotopic (exact) mass is 220 g/mol. The molecule has 5 heteroatoms. The lowest BCUT2D eigenvalue weighted by molar-refractivity contribution is 0.338. The number of sulfonamides is 1. The van der Waals surface area contributed by atoms with Crippen molar-refractivity contribution < 1.29 is 8.42 Å². The Bertz CT molecular complexity index is 276. The lowest BCUT2D eigenvalue weighted by Gasteiger charge is -2.27. The fourth-order valence-electron chi connectivity index (χ4n) is 1.39. The zero-order chi connectivity index (χ0) is 10.8. The molecule has 1 fully saturated rings. The smallest absolute Gasteiger partial charge is 0.212 e. The quantitative estimate of drug-likeness (QED) is 0.717. The van der Waals surface area contributed by atoms with Gasteiger partial charge in [0.1, 0.15) is 0 Å². The third-order valence-electron chi connectivity index (χ3n) is 2.12. The van der Waals surface area contributed by atoms with Crippen molar-refractivity contribution in [1.82, 2.24) is 10.0 Å². The topological polar surface area (TPSA) is 58.2 Å². The molecule has 0 amide bonds. The Hall–Kier alpha value is -0.130. The van der Waals surface area contributed by atoms with Gasteiger partial charge >= 0.3 is 0 Å². The lowest BCUT2D eigenvalue weighted by Crippen LogP contribution is -2.45. The summed E-state index contributed by atoms with van der Waals surface area (Å²) in [7, 11) is -3.09. The summed E-state index contributed by atoms with van der Waals surface area (Å²) >= 11 is 0. The van der Waals surface area contributed by atoms with E-state index in [2.05, 4.69) is 10.0 Å². The normalized spacial score (nSPS) is 19.4. The molecular formula is C9H20N2O2S. The van der Waals surface area contributed by atoms with Gasteiger partial charge in [0.15, 0.2) is 0 Å². The highest BCUT2D eigenvalue weighted by molar-refractivity contribution is 7.89. The third kappa shape index (κ3) is 4.39. The van der Waals surface area contributed by atoms with Crippen LogP contribution in [0, 0.1) is 5.92 Å². The van der Waals surface area contributed by atoms with E-state index in [1.54, 1.807) is 0 Å². The highest BCUT2D eigenvalue weighted by atomic mass is 32.2. The minimum absolute atomic E-state index is 0.247. The summed E-state index contributed by atoms with van der Waals surface area (Å²) in [5.41, 5.74) is -0.364. The Morgan fingerprint density at radius 2 is 1.93 bits per heavy atom. The molecule has 1 rings (SSSR count). The maximum atomic E-state index is 11.6. The first-order valence-corrected chi connectivity index (χ1v) is 6.66. The fraction of sp³-hybridized carbons (Fsp3) is 1.00. The van der Waals surface area contributed by atoms with Crippen LogP contribution in [0.15, 0.2) is 0 Å². The van der Waals surface area contributed by atoms with Gasteiger partial charge in [0.05, 0.1) is 5.75 Å². The largest absolute Gasteiger partial charge is 0.316 e. The molecule has 0 radical (unpaired) electrons. The van der Waals surface area contributed by atoms with Gasteiger partial charge < -0.3 is 5.32 Å². The van der Waals surface area contributed by atoms with E-state index < -0.39 is 10.0 Å². The number of nitrogens with one attached hydrogen (secondary N) is 2. The molecule has 0 aromatic carbocycles. The first-order valence-electron chi connectivity index (χ1n) is 5.01. The van der Waals surface area contributed by atoms with Crippen LogP contribution in [0.4, 0.5) is 0 Å². The third-order valence-corrected chi connectivity index (χ3v) is 3.82. The zero-order valence-corrected chi connectivity index (χ0v) is 9.95. The Kier molecular flexibility index (Phi) is 3.55. The molecule has 84 valence electrons. The van der Waals surface area contributed by atoms with E-state index in [9.17, 15) is 8.42 Å². The average Bonchev–Trinajstić information content (AvgIpc) is 1.75. The van der Waals surface area contributed by atoms with Crippen LogP contribution in [0.5, 0.6) is 0 Å². The van der Waals surface area contributed by atoms with Gasteiger partial charge in [0.25, 0.3) is 0 Å². The summed E-state index contributed by atoms with van der Waals surface area (Å²) in [6.45, 7) is 7.50. The number of hydrogen-bond donors (Lipinski definition) is 2. The van der Waals surface area contributed by atoms with E-state index in [4.69, 9.17) is 0 Å². The predicted octanol–water partition coefficient (Wildman–Crippen LogP) is 0.314. The minimum atomic E-state index is -3.09. The molecule has 0 aromatic heterocycles. The standard InChI is InChI=1S/C9H20N2O2S/c1-9(2,3)11-14(12,13)5-4-8-6-10-7-8/h8,10-11H,4-7H2,1-3H3. The van der Waals surface area contributed by atoms with E-state index >= 15 is 0 Å². The van der Waals surface area contributed by atoms with Gasteiger partial charge in [0, 0.05) is 5.54 Å². The van der Waals surface area contributed by atoms with E-state index in [1.165, 1.54) is 0 Å². The van der Waals surface area contributed by atoms with Gasteiger partial charge in [-0.3, -0.25) is 0 Å². The molecule has 0 saturated carbocycles. The fourth-order valence-corrected chi connectivity index (χ4v) is 3.07. The van der Waals surface area contributed by atoms with Gasteiger partial charge in [-0.15, -0.1) is 0 Å². The Morgan fingerprint density at radius 1 is 1.36 bits per heavy atom. The molecule has 2 N–H and O–H groups in total. The van der Waals surface area contributed by atoms with Crippen molar-refractivity contribution in [3.8, 4) is 0 Å². The van der Waals surface area contributed by atoms with Crippen molar-refractivity contribution in [2.45, 2.75) is 32.7 Å². The summed E-state index contributed by atoms with van der Waals surface area (Å²) < 4.78 is 25.8. The first kappa shape index (κ1) is 11.9. The van der Waals surface area contributed by atoms with Crippen molar-refractivity contribution in [2.24, 2.45) is 5.92 Å².